The van der Waals surface area contributed by atoms with Crippen molar-refractivity contribution in [2.24, 2.45) is 5.41 Å². The molecule has 0 saturated heterocycles. The number of hydrogen-bond donors (Lipinski definition) is 0. The highest BCUT2D eigenvalue weighted by atomic mass is 19.1. The van der Waals surface area contributed by atoms with E-state index in [1.54, 1.807) is 12.1 Å². The summed E-state index contributed by atoms with van der Waals surface area (Å²) in [5, 5.41) is 0. The lowest BCUT2D eigenvalue weighted by Gasteiger charge is -2.18. The molecule has 0 amide bonds. The monoisotopic (exact) mass is 370 g/mol. The molecule has 3 heteroatoms. The van der Waals surface area contributed by atoms with Crippen molar-refractivity contribution in [1.82, 2.24) is 9.38 Å². The third-order valence-electron chi connectivity index (χ3n) is 4.63. The fourth-order valence-corrected chi connectivity index (χ4v) is 3.43. The van der Waals surface area contributed by atoms with Crippen LogP contribution in [0, 0.1) is 11.2 Å². The van der Waals surface area contributed by atoms with Crippen molar-refractivity contribution in [3.63, 3.8) is 0 Å². The number of fused-ring (bicyclic) bond motifs is 1. The Labute approximate surface area is 165 Å². The van der Waals surface area contributed by atoms with Crippen molar-refractivity contribution in [2.45, 2.75) is 20.8 Å². The summed E-state index contributed by atoms with van der Waals surface area (Å²) in [6.45, 7) is 6.61. The van der Waals surface area contributed by atoms with Gasteiger partial charge in [0.25, 0.3) is 0 Å². The van der Waals surface area contributed by atoms with E-state index in [9.17, 15) is 4.39 Å². The first kappa shape index (κ1) is 18.2. The van der Waals surface area contributed by atoms with Crippen LogP contribution < -0.4 is 0 Å². The summed E-state index contributed by atoms with van der Waals surface area (Å²) in [5.74, 6) is 0.560. The summed E-state index contributed by atoms with van der Waals surface area (Å²) in [4.78, 5) is 4.64. The van der Waals surface area contributed by atoms with Crippen molar-refractivity contribution in [2.75, 3.05) is 0 Å². The second-order valence-corrected chi connectivity index (χ2v) is 8.06. The second-order valence-electron chi connectivity index (χ2n) is 8.06. The highest BCUT2D eigenvalue weighted by Crippen LogP contribution is 2.33. The van der Waals surface area contributed by atoms with Crippen LogP contribution in [0.1, 0.15) is 31.9 Å². The van der Waals surface area contributed by atoms with Crippen LogP contribution in [0.15, 0.2) is 85.2 Å². The third-order valence-corrected chi connectivity index (χ3v) is 4.63. The minimum Gasteiger partial charge on any atom is -0.299 e. The van der Waals surface area contributed by atoms with E-state index < -0.39 is 0 Å². The third kappa shape index (κ3) is 3.61. The van der Waals surface area contributed by atoms with Crippen LogP contribution in [-0.2, 0) is 0 Å². The lowest BCUT2D eigenvalue weighted by Crippen LogP contribution is -2.03. The molecule has 0 atom stereocenters. The molecule has 0 aliphatic carbocycles. The zero-order valence-electron chi connectivity index (χ0n) is 16.4. The minimum absolute atomic E-state index is 0.0256. The van der Waals surface area contributed by atoms with Gasteiger partial charge < -0.3 is 0 Å². The molecule has 0 N–H and O–H groups in total. The van der Waals surface area contributed by atoms with Crippen LogP contribution in [0.25, 0.3) is 22.5 Å². The van der Waals surface area contributed by atoms with Gasteiger partial charge in [-0.15, -0.1) is 0 Å². The maximum Gasteiger partial charge on any atom is 0.144 e. The predicted molar refractivity (Wildman–Crippen MR) is 114 cm³/mol. The van der Waals surface area contributed by atoms with E-state index in [4.69, 9.17) is 0 Å². The molecule has 2 nitrogen and oxygen atoms in total. The zero-order valence-corrected chi connectivity index (χ0v) is 16.4. The molecule has 0 radical (unpaired) electrons. The molecule has 4 aromatic rings. The molecule has 0 spiro atoms. The Balaban J connectivity index is 1.93. The van der Waals surface area contributed by atoms with E-state index >= 15 is 0 Å². The number of imidazole rings is 1. The van der Waals surface area contributed by atoms with Gasteiger partial charge in [-0.1, -0.05) is 63.2 Å². The highest BCUT2D eigenvalue weighted by Gasteiger charge is 2.16. The maximum absolute atomic E-state index is 13.3. The normalized spacial score (nSPS) is 12.5. The van der Waals surface area contributed by atoms with Gasteiger partial charge >= 0.3 is 0 Å². The van der Waals surface area contributed by atoms with Crippen LogP contribution in [0.4, 0.5) is 4.39 Å². The number of hydrogen-bond acceptors (Lipinski definition) is 1. The second kappa shape index (κ2) is 7.08. The average molecular weight is 370 g/mol. The molecule has 4 rings (SSSR count). The number of halogens is 1. The van der Waals surface area contributed by atoms with E-state index in [0.29, 0.717) is 0 Å². The first-order valence-electron chi connectivity index (χ1n) is 9.43. The Bertz CT molecular complexity index is 1130. The van der Waals surface area contributed by atoms with E-state index in [1.165, 1.54) is 23.3 Å². The van der Waals surface area contributed by atoms with Gasteiger partial charge in [0.15, 0.2) is 0 Å². The SMILES string of the molecule is CC(C)(C)/C=C(\c1ccccc1)c1cccn2c(-c3ccc(F)cc3)ncc12. The maximum atomic E-state index is 13.3. The van der Waals surface area contributed by atoms with Crippen molar-refractivity contribution in [3.8, 4) is 11.4 Å². The molecule has 2 heterocycles. The fourth-order valence-electron chi connectivity index (χ4n) is 3.43. The van der Waals surface area contributed by atoms with Gasteiger partial charge in [0.05, 0.1) is 11.7 Å². The average Bonchev–Trinajstić information content (AvgIpc) is 3.11. The lowest BCUT2D eigenvalue weighted by atomic mass is 9.88. The molecule has 0 saturated carbocycles. The summed E-state index contributed by atoms with van der Waals surface area (Å²) >= 11 is 0. The molecule has 0 bridgehead atoms. The molecule has 2 aromatic heterocycles. The standard InChI is InChI=1S/C25H23FN2/c1-25(2,3)16-22(18-8-5-4-6-9-18)21-10-7-15-28-23(21)17-27-24(28)19-11-13-20(26)14-12-19/h4-17H,1-3H3/b22-16+. The van der Waals surface area contributed by atoms with Crippen molar-refractivity contribution >= 4 is 11.1 Å². The summed E-state index contributed by atoms with van der Waals surface area (Å²) in [6.07, 6.45) is 6.21. The van der Waals surface area contributed by atoms with Gasteiger partial charge in [-0.25, -0.2) is 9.37 Å². The Kier molecular flexibility index (Phi) is 4.60. The van der Waals surface area contributed by atoms with E-state index in [2.05, 4.69) is 66.6 Å². The van der Waals surface area contributed by atoms with E-state index in [0.717, 1.165) is 22.5 Å². The van der Waals surface area contributed by atoms with Gasteiger partial charge in [0.2, 0.25) is 0 Å². The van der Waals surface area contributed by atoms with Crippen molar-refractivity contribution in [3.05, 3.63) is 102 Å². The van der Waals surface area contributed by atoms with Crippen LogP contribution in [-0.4, -0.2) is 9.38 Å². The first-order valence-corrected chi connectivity index (χ1v) is 9.43. The van der Waals surface area contributed by atoms with Crippen molar-refractivity contribution < 1.29 is 4.39 Å². The first-order chi connectivity index (χ1) is 13.4. The Hall–Kier alpha value is -3.20. The van der Waals surface area contributed by atoms with E-state index in [1.807, 2.05) is 24.5 Å². The van der Waals surface area contributed by atoms with Gasteiger partial charge in [-0.3, -0.25) is 4.40 Å². The number of pyridine rings is 1. The molecule has 0 aliphatic heterocycles. The molecule has 140 valence electrons. The van der Waals surface area contributed by atoms with Crippen LogP contribution in [0.3, 0.4) is 0 Å². The number of rotatable bonds is 3. The largest absolute Gasteiger partial charge is 0.299 e. The molecular weight excluding hydrogens is 347 g/mol. The molecule has 0 fully saturated rings. The smallest absolute Gasteiger partial charge is 0.144 e. The molecule has 28 heavy (non-hydrogen) atoms. The van der Waals surface area contributed by atoms with Gasteiger partial charge in [-0.2, -0.15) is 0 Å². The Morgan fingerprint density at radius 3 is 2.32 bits per heavy atom. The van der Waals surface area contributed by atoms with Crippen LogP contribution in [0.2, 0.25) is 0 Å². The van der Waals surface area contributed by atoms with E-state index in [-0.39, 0.29) is 11.2 Å². The summed E-state index contributed by atoms with van der Waals surface area (Å²) < 4.78 is 15.4. The highest BCUT2D eigenvalue weighted by molar-refractivity contribution is 5.88. The van der Waals surface area contributed by atoms with Gasteiger partial charge in [0, 0.05) is 17.3 Å². The summed E-state index contributed by atoms with van der Waals surface area (Å²) in [6, 6.07) is 21.1. The fraction of sp³-hybridized carbons (Fsp3) is 0.160. The lowest BCUT2D eigenvalue weighted by molar-refractivity contribution is 0.546. The van der Waals surface area contributed by atoms with Crippen LogP contribution in [0.5, 0.6) is 0 Å². The summed E-state index contributed by atoms with van der Waals surface area (Å²) in [7, 11) is 0. The topological polar surface area (TPSA) is 17.3 Å². The molecule has 0 aliphatic rings. The number of nitrogens with zero attached hydrogens (tertiary/aromatic N) is 2. The summed E-state index contributed by atoms with van der Waals surface area (Å²) in [5.41, 5.74) is 5.43. The number of aromatic nitrogens is 2. The minimum atomic E-state index is -0.246. The van der Waals surface area contributed by atoms with Gasteiger partial charge in [0.1, 0.15) is 11.6 Å². The van der Waals surface area contributed by atoms with Crippen molar-refractivity contribution in [1.29, 1.82) is 0 Å². The zero-order chi connectivity index (χ0) is 19.7. The molecule has 0 unspecified atom stereocenters. The predicted octanol–water partition coefficient (Wildman–Crippen LogP) is 6.62. The molecular formula is C25H23FN2. The number of benzene rings is 2. The quantitative estimate of drug-likeness (QED) is 0.396. The van der Waals surface area contributed by atoms with Gasteiger partial charge in [-0.05, 0) is 46.9 Å². The van der Waals surface area contributed by atoms with Crippen LogP contribution >= 0.6 is 0 Å². The Morgan fingerprint density at radius 2 is 1.64 bits per heavy atom. The number of allylic oxidation sites excluding steroid dienone is 1. The molecule has 2 aromatic carbocycles. The Morgan fingerprint density at radius 1 is 0.929 bits per heavy atom.